The lowest BCUT2D eigenvalue weighted by atomic mass is 10.0. The predicted molar refractivity (Wildman–Crippen MR) is 78.3 cm³/mol. The Labute approximate surface area is 118 Å². The minimum Gasteiger partial charge on any atom is -0.468 e. The van der Waals surface area contributed by atoms with E-state index >= 15 is 0 Å². The topological polar surface area (TPSA) is 49.8 Å². The third kappa shape index (κ3) is 2.98. The van der Waals surface area contributed by atoms with E-state index in [2.05, 4.69) is 18.2 Å². The first kappa shape index (κ1) is 14.5. The van der Waals surface area contributed by atoms with Gasteiger partial charge in [-0.25, -0.2) is 0 Å². The van der Waals surface area contributed by atoms with Crippen LogP contribution >= 0.6 is 0 Å². The van der Waals surface area contributed by atoms with Crippen LogP contribution in [0.25, 0.3) is 10.8 Å². The molecule has 0 bridgehead atoms. The van der Waals surface area contributed by atoms with Crippen LogP contribution in [0.4, 0.5) is 0 Å². The van der Waals surface area contributed by atoms with Gasteiger partial charge in [-0.15, -0.1) is 0 Å². The number of aliphatic hydroxyl groups is 1. The van der Waals surface area contributed by atoms with Gasteiger partial charge in [-0.3, -0.25) is 9.69 Å². The van der Waals surface area contributed by atoms with Crippen molar-refractivity contribution < 1.29 is 14.6 Å². The molecule has 0 spiro atoms. The summed E-state index contributed by atoms with van der Waals surface area (Å²) in [5, 5.41) is 11.7. The second kappa shape index (κ2) is 6.50. The Morgan fingerprint density at radius 3 is 2.65 bits per heavy atom. The van der Waals surface area contributed by atoms with E-state index in [4.69, 9.17) is 4.74 Å². The van der Waals surface area contributed by atoms with Gasteiger partial charge < -0.3 is 9.84 Å². The molecule has 1 atom stereocenters. The number of aliphatic hydroxyl groups excluding tert-OH is 1. The number of hydrogen-bond acceptors (Lipinski definition) is 4. The number of rotatable bonds is 5. The van der Waals surface area contributed by atoms with Crippen molar-refractivity contribution in [3.05, 3.63) is 48.0 Å². The number of ether oxygens (including phenoxy) is 1. The van der Waals surface area contributed by atoms with E-state index in [9.17, 15) is 9.90 Å². The molecular weight excluding hydrogens is 254 g/mol. The summed E-state index contributed by atoms with van der Waals surface area (Å²) in [6, 6.07) is 13.6. The highest BCUT2D eigenvalue weighted by molar-refractivity contribution is 5.85. The summed E-state index contributed by atoms with van der Waals surface area (Å²) in [5.74, 6) is -0.421. The fraction of sp³-hybridized carbons (Fsp3) is 0.312. The van der Waals surface area contributed by atoms with Crippen molar-refractivity contribution in [2.24, 2.45) is 0 Å². The fourth-order valence-corrected chi connectivity index (χ4v) is 2.34. The van der Waals surface area contributed by atoms with Gasteiger partial charge in [0.1, 0.15) is 6.04 Å². The van der Waals surface area contributed by atoms with Crippen LogP contribution in [-0.4, -0.2) is 42.8 Å². The highest BCUT2D eigenvalue weighted by atomic mass is 16.5. The molecule has 0 aliphatic rings. The first-order chi connectivity index (χ1) is 9.67. The smallest absolute Gasteiger partial charge is 0.325 e. The molecule has 0 saturated heterocycles. The van der Waals surface area contributed by atoms with Crippen LogP contribution in [0.1, 0.15) is 5.56 Å². The summed E-state index contributed by atoms with van der Waals surface area (Å²) in [5.41, 5.74) is 1.12. The molecule has 0 radical (unpaired) electrons. The van der Waals surface area contributed by atoms with Crippen molar-refractivity contribution in [2.75, 3.05) is 20.8 Å². The van der Waals surface area contributed by atoms with E-state index in [1.165, 1.54) is 7.11 Å². The zero-order chi connectivity index (χ0) is 14.5. The Hall–Kier alpha value is -1.91. The van der Waals surface area contributed by atoms with E-state index in [1.54, 1.807) is 11.9 Å². The van der Waals surface area contributed by atoms with Gasteiger partial charge >= 0.3 is 5.97 Å². The number of fused-ring (bicyclic) bond motifs is 1. The van der Waals surface area contributed by atoms with Crippen molar-refractivity contribution >= 4 is 16.7 Å². The summed E-state index contributed by atoms with van der Waals surface area (Å²) in [6.45, 7) is 0.315. The van der Waals surface area contributed by atoms with Gasteiger partial charge in [-0.2, -0.15) is 0 Å². The molecule has 4 nitrogen and oxygen atoms in total. The predicted octanol–water partition coefficient (Wildman–Crippen LogP) is 1.81. The summed E-state index contributed by atoms with van der Waals surface area (Å²) in [6.07, 6.45) is 0. The fourth-order valence-electron chi connectivity index (χ4n) is 2.34. The van der Waals surface area contributed by atoms with Crippen LogP contribution in [0.2, 0.25) is 0 Å². The van der Waals surface area contributed by atoms with E-state index in [0.29, 0.717) is 6.54 Å². The molecule has 1 N–H and O–H groups in total. The lowest BCUT2D eigenvalue weighted by Gasteiger charge is -2.24. The Kier molecular flexibility index (Phi) is 4.71. The monoisotopic (exact) mass is 273 g/mol. The quantitative estimate of drug-likeness (QED) is 0.844. The lowest BCUT2D eigenvalue weighted by Crippen LogP contribution is -2.41. The van der Waals surface area contributed by atoms with Crippen LogP contribution in [0.3, 0.4) is 0 Å². The van der Waals surface area contributed by atoms with E-state index < -0.39 is 12.0 Å². The van der Waals surface area contributed by atoms with Gasteiger partial charge in [0.15, 0.2) is 0 Å². The van der Waals surface area contributed by atoms with Gasteiger partial charge in [0.2, 0.25) is 0 Å². The Balaban J connectivity index is 2.25. The van der Waals surface area contributed by atoms with Crippen LogP contribution in [0.5, 0.6) is 0 Å². The normalized spacial score (nSPS) is 12.6. The van der Waals surface area contributed by atoms with E-state index in [1.807, 2.05) is 24.3 Å². The largest absolute Gasteiger partial charge is 0.468 e. The summed E-state index contributed by atoms with van der Waals surface area (Å²) >= 11 is 0. The van der Waals surface area contributed by atoms with Crippen molar-refractivity contribution in [3.8, 4) is 0 Å². The van der Waals surface area contributed by atoms with Crippen LogP contribution in [0, 0.1) is 0 Å². The molecule has 106 valence electrons. The molecular formula is C16H19NO3. The third-order valence-electron chi connectivity index (χ3n) is 3.48. The first-order valence-electron chi connectivity index (χ1n) is 6.53. The average molecular weight is 273 g/mol. The zero-order valence-corrected chi connectivity index (χ0v) is 11.7. The zero-order valence-electron chi connectivity index (χ0n) is 11.7. The minimum atomic E-state index is -0.640. The third-order valence-corrected chi connectivity index (χ3v) is 3.48. The van der Waals surface area contributed by atoms with Gasteiger partial charge in [0, 0.05) is 6.54 Å². The number of nitrogens with zero attached hydrogens (tertiary/aromatic N) is 1. The molecule has 0 aromatic heterocycles. The number of benzene rings is 2. The standard InChI is InChI=1S/C16H19NO3/c1-17(15(11-18)16(19)20-2)10-13-8-5-7-12-6-3-4-9-14(12)13/h3-9,15,18H,10-11H2,1-2H3. The Morgan fingerprint density at radius 2 is 1.95 bits per heavy atom. The molecule has 0 heterocycles. The number of methoxy groups -OCH3 is 1. The second-order valence-corrected chi connectivity index (χ2v) is 4.77. The first-order valence-corrected chi connectivity index (χ1v) is 6.53. The van der Waals surface area contributed by atoms with Crippen molar-refractivity contribution in [1.82, 2.24) is 4.90 Å². The highest BCUT2D eigenvalue weighted by Gasteiger charge is 2.23. The van der Waals surface area contributed by atoms with Crippen LogP contribution in [0.15, 0.2) is 42.5 Å². The van der Waals surface area contributed by atoms with Crippen molar-refractivity contribution in [2.45, 2.75) is 12.6 Å². The summed E-state index contributed by atoms with van der Waals surface area (Å²) in [7, 11) is 3.14. The lowest BCUT2D eigenvalue weighted by molar-refractivity contribution is -0.148. The van der Waals surface area contributed by atoms with Gasteiger partial charge in [0.05, 0.1) is 13.7 Å². The maximum atomic E-state index is 11.6. The minimum absolute atomic E-state index is 0.256. The Morgan fingerprint density at radius 1 is 1.25 bits per heavy atom. The van der Waals surface area contributed by atoms with Gasteiger partial charge in [-0.05, 0) is 23.4 Å². The van der Waals surface area contributed by atoms with Gasteiger partial charge in [0.25, 0.3) is 0 Å². The molecule has 0 saturated carbocycles. The number of hydrogen-bond donors (Lipinski definition) is 1. The molecule has 2 aromatic carbocycles. The molecule has 4 heteroatoms. The van der Waals surface area contributed by atoms with E-state index in [-0.39, 0.29) is 6.61 Å². The van der Waals surface area contributed by atoms with Crippen LogP contribution < -0.4 is 0 Å². The molecule has 0 fully saturated rings. The maximum absolute atomic E-state index is 11.6. The highest BCUT2D eigenvalue weighted by Crippen LogP contribution is 2.20. The molecule has 2 rings (SSSR count). The van der Waals surface area contributed by atoms with Crippen molar-refractivity contribution in [1.29, 1.82) is 0 Å². The summed E-state index contributed by atoms with van der Waals surface area (Å²) < 4.78 is 4.71. The SMILES string of the molecule is COC(=O)C(CO)N(C)Cc1cccc2ccccc12. The molecule has 0 aliphatic carbocycles. The second-order valence-electron chi connectivity index (χ2n) is 4.77. The molecule has 0 amide bonds. The van der Waals surface area contributed by atoms with E-state index in [0.717, 1.165) is 16.3 Å². The molecule has 2 aromatic rings. The Bertz CT molecular complexity index is 592. The molecule has 1 unspecified atom stereocenters. The molecule has 0 aliphatic heterocycles. The number of carbonyl (C=O) groups is 1. The van der Waals surface area contributed by atoms with Gasteiger partial charge in [-0.1, -0.05) is 42.5 Å². The number of likely N-dealkylation sites (N-methyl/N-ethyl adjacent to an activating group) is 1. The van der Waals surface area contributed by atoms with Crippen LogP contribution in [-0.2, 0) is 16.1 Å². The summed E-state index contributed by atoms with van der Waals surface area (Å²) in [4.78, 5) is 13.4. The number of carbonyl (C=O) groups excluding carboxylic acids is 1. The number of esters is 1. The van der Waals surface area contributed by atoms with Crippen molar-refractivity contribution in [3.63, 3.8) is 0 Å². The maximum Gasteiger partial charge on any atom is 0.325 e. The molecule has 20 heavy (non-hydrogen) atoms. The average Bonchev–Trinajstić information content (AvgIpc) is 2.48.